The number of carbonyl (C=O) groups excluding carboxylic acids is 2. The van der Waals surface area contributed by atoms with Gasteiger partial charge in [-0.15, -0.1) is 0 Å². The Bertz CT molecular complexity index is 513. The summed E-state index contributed by atoms with van der Waals surface area (Å²) < 4.78 is 50.8. The van der Waals surface area contributed by atoms with Crippen molar-refractivity contribution in [1.82, 2.24) is 0 Å². The molecular formula is C16H20F4O4Sn. The van der Waals surface area contributed by atoms with Gasteiger partial charge in [0.15, 0.2) is 23.3 Å². The number of unbranched alkanes of at least 4 members (excludes halogenated alkanes) is 2. The second-order valence-corrected chi connectivity index (χ2v) is 4.58. The third-order valence-electron chi connectivity index (χ3n) is 2.68. The average Bonchev–Trinajstić information content (AvgIpc) is 2.55. The fraction of sp³-hybridized carbons (Fsp3) is 0.500. The van der Waals surface area contributed by atoms with Crippen LogP contribution in [0.3, 0.4) is 0 Å². The van der Waals surface area contributed by atoms with E-state index in [0.717, 1.165) is 0 Å². The Labute approximate surface area is 161 Å². The minimum absolute atomic E-state index is 0. The van der Waals surface area contributed by atoms with Gasteiger partial charge in [-0.05, 0) is 0 Å². The van der Waals surface area contributed by atoms with Crippen LogP contribution in [0.25, 0.3) is 0 Å². The molecule has 2 radical (unpaired) electrons. The van der Waals surface area contributed by atoms with Crippen LogP contribution in [0.1, 0.15) is 74.1 Å². The van der Waals surface area contributed by atoms with Crippen LogP contribution in [0.2, 0.25) is 0 Å². The number of halogens is 4. The van der Waals surface area contributed by atoms with E-state index in [9.17, 15) is 37.4 Å². The van der Waals surface area contributed by atoms with Crippen LogP contribution >= 0.6 is 0 Å². The Morgan fingerprint density at radius 2 is 0.840 bits per heavy atom. The van der Waals surface area contributed by atoms with Crippen LogP contribution < -0.4 is 10.2 Å². The third-order valence-corrected chi connectivity index (χ3v) is 2.68. The first-order valence-corrected chi connectivity index (χ1v) is 7.40. The Hall–Kier alpha value is -1.32. The van der Waals surface area contributed by atoms with Crippen molar-refractivity contribution in [2.75, 3.05) is 0 Å². The van der Waals surface area contributed by atoms with Crippen molar-refractivity contribution in [3.63, 3.8) is 0 Å². The molecule has 0 aliphatic carbocycles. The van der Waals surface area contributed by atoms with Crippen LogP contribution in [-0.4, -0.2) is 35.8 Å². The second-order valence-electron chi connectivity index (χ2n) is 4.58. The smallest absolute Gasteiger partial charge is 0.545 e. The molecular weight excluding hydrogens is 451 g/mol. The van der Waals surface area contributed by atoms with Crippen molar-refractivity contribution in [3.8, 4) is 0 Å². The maximum atomic E-state index is 12.8. The summed E-state index contributed by atoms with van der Waals surface area (Å²) in [5.41, 5.74) is -3.87. The molecule has 0 atom stereocenters. The van der Waals surface area contributed by atoms with Gasteiger partial charge in [0.1, 0.15) is 0 Å². The number of carboxylic acid groups (broad SMARTS) is 2. The molecule has 9 heteroatoms. The van der Waals surface area contributed by atoms with E-state index in [1.54, 1.807) is 0 Å². The number of aromatic carboxylic acids is 2. The molecule has 0 saturated carbocycles. The Morgan fingerprint density at radius 1 is 0.640 bits per heavy atom. The van der Waals surface area contributed by atoms with E-state index < -0.39 is 46.3 Å². The van der Waals surface area contributed by atoms with Crippen molar-refractivity contribution in [3.05, 3.63) is 34.4 Å². The number of benzene rings is 1. The summed E-state index contributed by atoms with van der Waals surface area (Å²) in [5.74, 6) is -14.6. The summed E-state index contributed by atoms with van der Waals surface area (Å²) in [6.07, 6.45) is 5.28. The molecule has 0 unspecified atom stereocenters. The SMILES string of the molecule is CCCC.CCCC.O=C([O-])c1c(F)c(F)c(F)c(F)c1C(=O)[O-].[Sn+2]. The first-order valence-electron chi connectivity index (χ1n) is 7.40. The predicted octanol–water partition coefficient (Wildman–Crippen LogP) is 2.20. The summed E-state index contributed by atoms with van der Waals surface area (Å²) >= 11 is 0. The number of rotatable bonds is 4. The van der Waals surface area contributed by atoms with Crippen LogP contribution in [-0.2, 0) is 0 Å². The first-order chi connectivity index (χ1) is 11.1. The van der Waals surface area contributed by atoms with Crippen molar-refractivity contribution >= 4 is 35.8 Å². The molecule has 0 saturated heterocycles. The predicted molar refractivity (Wildman–Crippen MR) is 81.9 cm³/mol. The van der Waals surface area contributed by atoms with Gasteiger partial charge in [-0.25, -0.2) is 17.6 Å². The van der Waals surface area contributed by atoms with E-state index >= 15 is 0 Å². The molecule has 25 heavy (non-hydrogen) atoms. The minimum Gasteiger partial charge on any atom is -0.545 e. The van der Waals surface area contributed by atoms with Crippen LogP contribution in [0.5, 0.6) is 0 Å². The van der Waals surface area contributed by atoms with Crippen molar-refractivity contribution in [2.45, 2.75) is 53.4 Å². The van der Waals surface area contributed by atoms with E-state index in [4.69, 9.17) is 0 Å². The van der Waals surface area contributed by atoms with Gasteiger partial charge in [0.2, 0.25) is 0 Å². The molecule has 4 nitrogen and oxygen atoms in total. The van der Waals surface area contributed by atoms with Crippen LogP contribution in [0.4, 0.5) is 17.6 Å². The largest absolute Gasteiger partial charge is 2.00 e. The molecule has 1 aromatic carbocycles. The van der Waals surface area contributed by atoms with Gasteiger partial charge >= 0.3 is 23.9 Å². The zero-order chi connectivity index (χ0) is 19.4. The molecule has 140 valence electrons. The van der Waals surface area contributed by atoms with Crippen molar-refractivity contribution < 1.29 is 37.4 Å². The van der Waals surface area contributed by atoms with Gasteiger partial charge in [0.25, 0.3) is 0 Å². The molecule has 0 fully saturated rings. The molecule has 0 aliphatic heterocycles. The number of carbonyl (C=O) groups is 2. The first kappa shape index (κ1) is 28.5. The normalized spacial score (nSPS) is 8.96. The molecule has 1 rings (SSSR count). The molecule has 0 aliphatic rings. The number of hydrogen-bond acceptors (Lipinski definition) is 4. The van der Waals surface area contributed by atoms with E-state index in [0.29, 0.717) is 0 Å². The van der Waals surface area contributed by atoms with Gasteiger partial charge in [-0.1, -0.05) is 53.4 Å². The summed E-state index contributed by atoms with van der Waals surface area (Å²) in [7, 11) is 0. The molecule has 0 heterocycles. The van der Waals surface area contributed by atoms with Crippen LogP contribution in [0, 0.1) is 23.3 Å². The monoisotopic (exact) mass is 472 g/mol. The minimum atomic E-state index is -2.51. The topological polar surface area (TPSA) is 80.3 Å². The van der Waals surface area contributed by atoms with Gasteiger partial charge in [0.05, 0.1) is 11.9 Å². The van der Waals surface area contributed by atoms with Crippen molar-refractivity contribution in [1.29, 1.82) is 0 Å². The maximum Gasteiger partial charge on any atom is 2.00 e. The molecule has 1 aromatic rings. The van der Waals surface area contributed by atoms with Crippen LogP contribution in [0.15, 0.2) is 0 Å². The molecule has 0 N–H and O–H groups in total. The second kappa shape index (κ2) is 15.0. The standard InChI is InChI=1S/C8H2F4O4.2C4H10.Sn/c9-3-1(7(13)14)2(8(15)16)4(10)6(12)5(3)11;2*1-3-4-2;/h(H,13,14)(H,15,16);2*3-4H2,1-2H3;/q;;;+2/p-2. The Balaban J connectivity index is -0.000000454. The average molecular weight is 471 g/mol. The summed E-state index contributed by atoms with van der Waals surface area (Å²) in [4.78, 5) is 20.5. The number of hydrogen-bond donors (Lipinski definition) is 0. The van der Waals surface area contributed by atoms with Gasteiger partial charge in [-0.2, -0.15) is 0 Å². The van der Waals surface area contributed by atoms with E-state index in [1.165, 1.54) is 25.7 Å². The number of carboxylic acids is 2. The molecule has 0 spiro atoms. The van der Waals surface area contributed by atoms with Gasteiger partial charge < -0.3 is 19.8 Å². The van der Waals surface area contributed by atoms with E-state index in [2.05, 4.69) is 27.7 Å². The maximum absolute atomic E-state index is 12.8. The fourth-order valence-electron chi connectivity index (χ4n) is 1.02. The zero-order valence-electron chi connectivity index (χ0n) is 14.5. The summed E-state index contributed by atoms with van der Waals surface area (Å²) in [5, 5.41) is 20.5. The van der Waals surface area contributed by atoms with Gasteiger partial charge in [-0.3, -0.25) is 0 Å². The summed E-state index contributed by atoms with van der Waals surface area (Å²) in [6.45, 7) is 8.72. The third kappa shape index (κ3) is 9.08. The van der Waals surface area contributed by atoms with E-state index in [1.807, 2.05) is 0 Å². The molecule has 0 bridgehead atoms. The summed E-state index contributed by atoms with van der Waals surface area (Å²) in [6, 6.07) is 0. The molecule has 0 amide bonds. The zero-order valence-corrected chi connectivity index (χ0v) is 17.3. The Morgan fingerprint density at radius 3 is 0.960 bits per heavy atom. The van der Waals surface area contributed by atoms with Crippen molar-refractivity contribution in [2.24, 2.45) is 0 Å². The quantitative estimate of drug-likeness (QED) is 0.292. The Kier molecular flexibility index (Phi) is 17.1. The molecule has 0 aromatic heterocycles. The van der Waals surface area contributed by atoms with E-state index in [-0.39, 0.29) is 23.9 Å². The van der Waals surface area contributed by atoms with Gasteiger partial charge in [0, 0.05) is 11.1 Å². The fourth-order valence-corrected chi connectivity index (χ4v) is 1.02.